The lowest BCUT2D eigenvalue weighted by Crippen LogP contribution is -2.35. The van der Waals surface area contributed by atoms with Gasteiger partial charge in [-0.1, -0.05) is 30.1 Å². The molecule has 0 atom stereocenters. The fourth-order valence-electron chi connectivity index (χ4n) is 2.29. The molecule has 0 aliphatic carbocycles. The first-order valence-electron chi connectivity index (χ1n) is 6.98. The highest BCUT2D eigenvalue weighted by Crippen LogP contribution is 2.33. The Morgan fingerprint density at radius 3 is 2.86 bits per heavy atom. The van der Waals surface area contributed by atoms with Crippen LogP contribution in [0.4, 0.5) is 5.88 Å². The summed E-state index contributed by atoms with van der Waals surface area (Å²) < 4.78 is 11.7. The molecule has 2 aliphatic rings. The van der Waals surface area contributed by atoms with E-state index >= 15 is 0 Å². The average molecular weight is 336 g/mol. The first kappa shape index (κ1) is 15.3. The van der Waals surface area contributed by atoms with Crippen molar-refractivity contribution in [1.82, 2.24) is 4.90 Å². The average Bonchev–Trinajstić information content (AvgIpc) is 3.09. The summed E-state index contributed by atoms with van der Waals surface area (Å²) in [4.78, 5) is 16.5. The highest BCUT2D eigenvalue weighted by Gasteiger charge is 2.31. The molecule has 0 radical (unpaired) electrons. The fourth-order valence-corrected chi connectivity index (χ4v) is 3.54. The van der Waals surface area contributed by atoms with E-state index in [0.29, 0.717) is 34.7 Å². The summed E-state index contributed by atoms with van der Waals surface area (Å²) in [5.41, 5.74) is 0. The van der Waals surface area contributed by atoms with Crippen LogP contribution in [0.25, 0.3) is 6.08 Å². The molecule has 1 amide bonds. The molecule has 2 aliphatic heterocycles. The summed E-state index contributed by atoms with van der Waals surface area (Å²) in [6, 6.07) is 3.78. The minimum Gasteiger partial charge on any atom is -0.441 e. The second-order valence-electron chi connectivity index (χ2n) is 4.86. The highest BCUT2D eigenvalue weighted by atomic mass is 32.2. The zero-order valence-electron chi connectivity index (χ0n) is 12.0. The number of thiocarbonyl (C=S) groups is 1. The van der Waals surface area contributed by atoms with Crippen molar-refractivity contribution in [2.45, 2.75) is 0 Å². The van der Waals surface area contributed by atoms with Crippen LogP contribution in [0.2, 0.25) is 0 Å². The Balaban J connectivity index is 1.75. The number of morpholine rings is 1. The second-order valence-corrected chi connectivity index (χ2v) is 6.53. The molecule has 5 nitrogen and oxygen atoms in total. The van der Waals surface area contributed by atoms with Crippen LogP contribution < -0.4 is 4.90 Å². The van der Waals surface area contributed by atoms with Gasteiger partial charge in [0.25, 0.3) is 5.91 Å². The summed E-state index contributed by atoms with van der Waals surface area (Å²) in [5.74, 6) is 1.36. The molecule has 1 aromatic heterocycles. The molecule has 2 fully saturated rings. The van der Waals surface area contributed by atoms with Gasteiger partial charge in [0.05, 0.1) is 18.1 Å². The van der Waals surface area contributed by atoms with E-state index in [1.807, 2.05) is 12.1 Å². The quantitative estimate of drug-likeness (QED) is 0.478. The van der Waals surface area contributed by atoms with Gasteiger partial charge in [-0.3, -0.25) is 9.69 Å². The number of anilines is 1. The maximum Gasteiger partial charge on any atom is 0.266 e. The molecule has 0 N–H and O–H groups in total. The zero-order chi connectivity index (χ0) is 15.5. The largest absolute Gasteiger partial charge is 0.441 e. The molecule has 0 aromatic carbocycles. The van der Waals surface area contributed by atoms with E-state index in [-0.39, 0.29) is 5.91 Å². The third-order valence-electron chi connectivity index (χ3n) is 3.39. The Kier molecular flexibility index (Phi) is 4.66. The van der Waals surface area contributed by atoms with Gasteiger partial charge in [0.2, 0.25) is 0 Å². The predicted octanol–water partition coefficient (Wildman–Crippen LogP) is 2.50. The van der Waals surface area contributed by atoms with Crippen molar-refractivity contribution in [2.75, 3.05) is 37.7 Å². The van der Waals surface area contributed by atoms with Crippen molar-refractivity contribution < 1.29 is 13.9 Å². The molecule has 3 rings (SSSR count). The molecule has 3 heterocycles. The number of thioether (sulfide) groups is 1. The van der Waals surface area contributed by atoms with Gasteiger partial charge in [-0.2, -0.15) is 0 Å². The Bertz CT molecular complexity index is 632. The number of carbonyl (C=O) groups excluding carboxylic acids is 1. The van der Waals surface area contributed by atoms with E-state index in [2.05, 4.69) is 11.5 Å². The number of furan rings is 1. The first-order chi connectivity index (χ1) is 10.7. The van der Waals surface area contributed by atoms with E-state index in [4.69, 9.17) is 21.4 Å². The number of amides is 1. The lowest BCUT2D eigenvalue weighted by atomic mass is 10.3. The molecule has 7 heteroatoms. The SMILES string of the molecule is C=CCN1C(=O)/C(=C\c2ccc(N3CCOCC3)o2)SC1=S. The molecule has 1 aromatic rings. The third kappa shape index (κ3) is 3.11. The normalized spacial score (nSPS) is 21.0. The van der Waals surface area contributed by atoms with Gasteiger partial charge in [0.15, 0.2) is 5.88 Å². The van der Waals surface area contributed by atoms with Crippen LogP contribution in [0, 0.1) is 0 Å². The monoisotopic (exact) mass is 336 g/mol. The topological polar surface area (TPSA) is 45.9 Å². The Labute approximate surface area is 138 Å². The molecular formula is C15H16N2O3S2. The number of rotatable bonds is 4. The maximum atomic E-state index is 12.3. The molecule has 0 bridgehead atoms. The molecule has 116 valence electrons. The van der Waals surface area contributed by atoms with Crippen LogP contribution >= 0.6 is 24.0 Å². The van der Waals surface area contributed by atoms with Crippen LogP contribution in [0.1, 0.15) is 5.76 Å². The van der Waals surface area contributed by atoms with Crippen molar-refractivity contribution in [2.24, 2.45) is 0 Å². The van der Waals surface area contributed by atoms with Crippen LogP contribution in [0.5, 0.6) is 0 Å². The Morgan fingerprint density at radius 1 is 1.36 bits per heavy atom. The van der Waals surface area contributed by atoms with Gasteiger partial charge in [-0.05, 0) is 6.07 Å². The molecule has 22 heavy (non-hydrogen) atoms. The van der Waals surface area contributed by atoms with Gasteiger partial charge in [-0.15, -0.1) is 6.58 Å². The number of hydrogen-bond acceptors (Lipinski definition) is 6. The standard InChI is InChI=1S/C15H16N2O3S2/c1-2-5-17-14(18)12(22-15(17)21)10-11-3-4-13(20-11)16-6-8-19-9-7-16/h2-4,10H,1,5-9H2/b12-10+. The van der Waals surface area contributed by atoms with Crippen LogP contribution in [-0.4, -0.2) is 48.0 Å². The third-order valence-corrected chi connectivity index (χ3v) is 4.77. The van der Waals surface area contributed by atoms with Crippen molar-refractivity contribution in [1.29, 1.82) is 0 Å². The van der Waals surface area contributed by atoms with E-state index in [0.717, 1.165) is 19.0 Å². The van der Waals surface area contributed by atoms with Crippen molar-refractivity contribution in [3.05, 3.63) is 35.5 Å². The molecular weight excluding hydrogens is 320 g/mol. The number of carbonyl (C=O) groups is 1. The van der Waals surface area contributed by atoms with E-state index in [1.54, 1.807) is 12.2 Å². The Morgan fingerprint density at radius 2 is 2.14 bits per heavy atom. The predicted molar refractivity (Wildman–Crippen MR) is 91.8 cm³/mol. The fraction of sp³-hybridized carbons (Fsp3) is 0.333. The van der Waals surface area contributed by atoms with Gasteiger partial charge < -0.3 is 14.1 Å². The number of hydrogen-bond donors (Lipinski definition) is 0. The number of nitrogens with zero attached hydrogens (tertiary/aromatic N) is 2. The van der Waals surface area contributed by atoms with Gasteiger partial charge in [0.1, 0.15) is 10.1 Å². The van der Waals surface area contributed by atoms with Crippen LogP contribution in [0.15, 0.2) is 34.1 Å². The summed E-state index contributed by atoms with van der Waals surface area (Å²) in [6.07, 6.45) is 3.41. The first-order valence-corrected chi connectivity index (χ1v) is 8.20. The van der Waals surface area contributed by atoms with Crippen molar-refractivity contribution in [3.63, 3.8) is 0 Å². The van der Waals surface area contributed by atoms with E-state index in [9.17, 15) is 4.79 Å². The molecule has 0 unspecified atom stereocenters. The van der Waals surface area contributed by atoms with Gasteiger partial charge in [0, 0.05) is 31.8 Å². The van der Waals surface area contributed by atoms with Crippen molar-refractivity contribution >= 4 is 46.2 Å². The van der Waals surface area contributed by atoms with Crippen LogP contribution in [-0.2, 0) is 9.53 Å². The minimum absolute atomic E-state index is 0.0979. The molecule has 2 saturated heterocycles. The van der Waals surface area contributed by atoms with Gasteiger partial charge in [-0.25, -0.2) is 0 Å². The number of ether oxygens (including phenoxy) is 1. The highest BCUT2D eigenvalue weighted by molar-refractivity contribution is 8.26. The zero-order valence-corrected chi connectivity index (χ0v) is 13.6. The minimum atomic E-state index is -0.0979. The van der Waals surface area contributed by atoms with E-state index in [1.165, 1.54) is 16.7 Å². The molecule has 0 spiro atoms. The van der Waals surface area contributed by atoms with Gasteiger partial charge >= 0.3 is 0 Å². The van der Waals surface area contributed by atoms with Crippen LogP contribution in [0.3, 0.4) is 0 Å². The van der Waals surface area contributed by atoms with Crippen molar-refractivity contribution in [3.8, 4) is 0 Å². The Hall–Kier alpha value is -1.57. The van der Waals surface area contributed by atoms with E-state index < -0.39 is 0 Å². The maximum absolute atomic E-state index is 12.3. The summed E-state index contributed by atoms with van der Waals surface area (Å²) >= 11 is 6.50. The lowest BCUT2D eigenvalue weighted by Gasteiger charge is -2.26. The molecule has 0 saturated carbocycles. The summed E-state index contributed by atoms with van der Waals surface area (Å²) in [5, 5.41) is 0. The lowest BCUT2D eigenvalue weighted by molar-refractivity contribution is -0.121. The summed E-state index contributed by atoms with van der Waals surface area (Å²) in [6.45, 7) is 7.11. The smallest absolute Gasteiger partial charge is 0.266 e. The summed E-state index contributed by atoms with van der Waals surface area (Å²) in [7, 11) is 0. The second kappa shape index (κ2) is 6.68.